The lowest BCUT2D eigenvalue weighted by Gasteiger charge is -2.17. The second kappa shape index (κ2) is 7.25. The van der Waals surface area contributed by atoms with E-state index in [0.717, 1.165) is 11.6 Å². The number of amides is 1. The molecule has 1 aliphatic carbocycles. The Kier molecular flexibility index (Phi) is 5.17. The number of halogens is 3. The molecule has 5 nitrogen and oxygen atoms in total. The maximum atomic E-state index is 13.4. The summed E-state index contributed by atoms with van der Waals surface area (Å²) in [5.74, 6) is -0.208. The summed E-state index contributed by atoms with van der Waals surface area (Å²) in [5, 5.41) is 6.71. The van der Waals surface area contributed by atoms with Crippen LogP contribution in [0.15, 0.2) is 30.6 Å². The summed E-state index contributed by atoms with van der Waals surface area (Å²) in [6.45, 7) is 3.32. The average molecular weight is 381 g/mol. The van der Waals surface area contributed by atoms with Crippen LogP contribution in [0, 0.1) is 5.92 Å². The van der Waals surface area contributed by atoms with Crippen LogP contribution in [0.1, 0.15) is 42.9 Å². The highest BCUT2D eigenvalue weighted by Gasteiger charge is 2.44. The number of ether oxygens (including phenoxy) is 1. The number of carbonyl (C=O) groups excluding carboxylic acids is 1. The zero-order chi connectivity index (χ0) is 19.8. The number of alkyl halides is 3. The van der Waals surface area contributed by atoms with Gasteiger partial charge in [0.2, 0.25) is 5.91 Å². The summed E-state index contributed by atoms with van der Waals surface area (Å²) in [5.41, 5.74) is 0.204. The molecule has 1 aliphatic rings. The average Bonchev–Trinajstić information content (AvgIpc) is 3.26. The first-order valence-electron chi connectivity index (χ1n) is 8.78. The summed E-state index contributed by atoms with van der Waals surface area (Å²) in [7, 11) is 1.80. The third-order valence-electron chi connectivity index (χ3n) is 4.49. The molecule has 1 heterocycles. The smallest absolute Gasteiger partial charge is 0.416 e. The van der Waals surface area contributed by atoms with Crippen molar-refractivity contribution in [2.45, 2.75) is 45.0 Å². The van der Waals surface area contributed by atoms with Gasteiger partial charge < -0.3 is 10.1 Å². The molecule has 0 unspecified atom stereocenters. The van der Waals surface area contributed by atoms with E-state index in [9.17, 15) is 18.0 Å². The van der Waals surface area contributed by atoms with Gasteiger partial charge in [0, 0.05) is 25.7 Å². The predicted molar refractivity (Wildman–Crippen MR) is 93.1 cm³/mol. The highest BCUT2D eigenvalue weighted by molar-refractivity contribution is 5.82. The van der Waals surface area contributed by atoms with E-state index in [-0.39, 0.29) is 41.7 Å². The zero-order valence-corrected chi connectivity index (χ0v) is 15.4. The van der Waals surface area contributed by atoms with E-state index in [1.54, 1.807) is 31.8 Å². The van der Waals surface area contributed by atoms with Crippen LogP contribution < -0.4 is 10.1 Å². The second-order valence-corrected chi connectivity index (χ2v) is 7.10. The van der Waals surface area contributed by atoms with Gasteiger partial charge in [0.25, 0.3) is 0 Å². The largest absolute Gasteiger partial charge is 0.491 e. The molecule has 1 amide bonds. The lowest BCUT2D eigenvalue weighted by molar-refractivity contribution is -0.138. The van der Waals surface area contributed by atoms with Crippen LogP contribution in [0.3, 0.4) is 0 Å². The molecular weight excluding hydrogens is 359 g/mol. The normalized spacial score (nSPS) is 19.2. The van der Waals surface area contributed by atoms with Crippen molar-refractivity contribution in [1.29, 1.82) is 0 Å². The number of hydrogen-bond acceptors (Lipinski definition) is 3. The number of aryl methyl sites for hydroxylation is 1. The minimum atomic E-state index is -4.52. The van der Waals surface area contributed by atoms with E-state index in [1.807, 2.05) is 6.20 Å². The third kappa shape index (κ3) is 4.61. The van der Waals surface area contributed by atoms with Crippen molar-refractivity contribution in [3.05, 3.63) is 47.3 Å². The van der Waals surface area contributed by atoms with Gasteiger partial charge in [-0.25, -0.2) is 0 Å². The maximum Gasteiger partial charge on any atom is 0.416 e. The van der Waals surface area contributed by atoms with Gasteiger partial charge in [-0.2, -0.15) is 18.3 Å². The van der Waals surface area contributed by atoms with E-state index in [4.69, 9.17) is 4.74 Å². The molecule has 1 fully saturated rings. The number of benzene rings is 1. The minimum absolute atomic E-state index is 0.0190. The number of carbonyl (C=O) groups is 1. The molecule has 1 aromatic heterocycles. The Morgan fingerprint density at radius 3 is 2.74 bits per heavy atom. The number of nitrogens with zero attached hydrogens (tertiary/aromatic N) is 2. The molecule has 0 saturated heterocycles. The highest BCUT2D eigenvalue weighted by atomic mass is 19.4. The molecule has 0 radical (unpaired) electrons. The summed E-state index contributed by atoms with van der Waals surface area (Å²) < 4.78 is 47.1. The lowest BCUT2D eigenvalue weighted by atomic mass is 10.1. The van der Waals surface area contributed by atoms with Gasteiger partial charge in [-0.3, -0.25) is 9.48 Å². The number of aromatic nitrogens is 2. The Morgan fingerprint density at radius 1 is 1.41 bits per heavy atom. The van der Waals surface area contributed by atoms with Crippen molar-refractivity contribution < 1.29 is 22.7 Å². The highest BCUT2D eigenvalue weighted by Crippen LogP contribution is 2.47. The molecule has 8 heteroatoms. The standard InChI is InChI=1S/C19H22F3N3O2/c1-11(2)27-14-5-4-12(17(6-14)19(20,21)22)8-23-18(26)16-7-15(16)13-9-24-25(3)10-13/h4-6,9-11,15-16H,7-8H2,1-3H3,(H,23,26)/t15-,16+/m0/s1. The Morgan fingerprint density at radius 2 is 2.15 bits per heavy atom. The monoisotopic (exact) mass is 381 g/mol. The van der Waals surface area contributed by atoms with E-state index in [2.05, 4.69) is 10.4 Å². The van der Waals surface area contributed by atoms with E-state index >= 15 is 0 Å². The van der Waals surface area contributed by atoms with Crippen molar-refractivity contribution in [2.75, 3.05) is 0 Å². The Balaban J connectivity index is 1.66. The molecule has 1 saturated carbocycles. The molecule has 1 aromatic carbocycles. The lowest BCUT2D eigenvalue weighted by Crippen LogP contribution is -2.26. The molecular formula is C19H22F3N3O2. The van der Waals surface area contributed by atoms with Crippen molar-refractivity contribution in [3.8, 4) is 5.75 Å². The fourth-order valence-corrected chi connectivity index (χ4v) is 3.12. The van der Waals surface area contributed by atoms with Crippen molar-refractivity contribution in [1.82, 2.24) is 15.1 Å². The molecule has 3 rings (SSSR count). The van der Waals surface area contributed by atoms with E-state index < -0.39 is 11.7 Å². The molecule has 0 spiro atoms. The maximum absolute atomic E-state index is 13.4. The third-order valence-corrected chi connectivity index (χ3v) is 4.49. The Hall–Kier alpha value is -2.51. The van der Waals surface area contributed by atoms with Gasteiger partial charge in [-0.15, -0.1) is 0 Å². The summed E-state index contributed by atoms with van der Waals surface area (Å²) >= 11 is 0. The zero-order valence-electron chi connectivity index (χ0n) is 15.4. The van der Waals surface area contributed by atoms with Gasteiger partial charge in [-0.1, -0.05) is 6.07 Å². The molecule has 27 heavy (non-hydrogen) atoms. The molecule has 0 bridgehead atoms. The molecule has 0 aliphatic heterocycles. The minimum Gasteiger partial charge on any atom is -0.491 e. The van der Waals surface area contributed by atoms with Gasteiger partial charge >= 0.3 is 6.18 Å². The van der Waals surface area contributed by atoms with Crippen LogP contribution in [0.4, 0.5) is 13.2 Å². The van der Waals surface area contributed by atoms with Gasteiger partial charge in [-0.05, 0) is 49.4 Å². The Labute approximate surface area is 155 Å². The predicted octanol–water partition coefficient (Wildman–Crippen LogP) is 3.65. The van der Waals surface area contributed by atoms with Crippen molar-refractivity contribution >= 4 is 5.91 Å². The van der Waals surface area contributed by atoms with E-state index in [0.29, 0.717) is 6.42 Å². The molecule has 1 N–H and O–H groups in total. The molecule has 2 aromatic rings. The van der Waals surface area contributed by atoms with Crippen LogP contribution in [0.2, 0.25) is 0 Å². The number of rotatable bonds is 6. The quantitative estimate of drug-likeness (QED) is 0.831. The SMILES string of the molecule is CC(C)Oc1ccc(CNC(=O)[C@@H]2C[C@H]2c2cnn(C)c2)c(C(F)(F)F)c1. The first-order chi connectivity index (χ1) is 12.6. The summed E-state index contributed by atoms with van der Waals surface area (Å²) in [4.78, 5) is 12.3. The number of hydrogen-bond donors (Lipinski definition) is 1. The molecule has 2 atom stereocenters. The van der Waals surface area contributed by atoms with Gasteiger partial charge in [0.15, 0.2) is 0 Å². The van der Waals surface area contributed by atoms with Crippen LogP contribution in [0.5, 0.6) is 5.75 Å². The first-order valence-corrected chi connectivity index (χ1v) is 8.78. The van der Waals surface area contributed by atoms with Crippen LogP contribution in [-0.4, -0.2) is 21.8 Å². The summed E-state index contributed by atoms with van der Waals surface area (Å²) in [6.07, 6.45) is -0.491. The first kappa shape index (κ1) is 19.3. The molecule has 146 valence electrons. The van der Waals surface area contributed by atoms with Gasteiger partial charge in [0.05, 0.1) is 17.9 Å². The van der Waals surface area contributed by atoms with E-state index in [1.165, 1.54) is 12.1 Å². The fourth-order valence-electron chi connectivity index (χ4n) is 3.12. The van der Waals surface area contributed by atoms with Crippen molar-refractivity contribution in [2.24, 2.45) is 13.0 Å². The fraction of sp³-hybridized carbons (Fsp3) is 0.474. The topological polar surface area (TPSA) is 56.1 Å². The Bertz CT molecular complexity index is 830. The van der Waals surface area contributed by atoms with Crippen LogP contribution >= 0.6 is 0 Å². The van der Waals surface area contributed by atoms with Gasteiger partial charge in [0.1, 0.15) is 5.75 Å². The second-order valence-electron chi connectivity index (χ2n) is 7.10. The van der Waals surface area contributed by atoms with Crippen LogP contribution in [-0.2, 0) is 24.6 Å². The summed E-state index contributed by atoms with van der Waals surface area (Å²) in [6, 6.07) is 3.83. The number of nitrogens with one attached hydrogen (secondary N) is 1. The van der Waals surface area contributed by atoms with Crippen LogP contribution in [0.25, 0.3) is 0 Å². The van der Waals surface area contributed by atoms with Crippen molar-refractivity contribution in [3.63, 3.8) is 0 Å².